The number of aryl methyl sites for hydroxylation is 2. The molecule has 6 rings (SSSR count). The molecule has 1 saturated heterocycles. The third-order valence-corrected chi connectivity index (χ3v) is 8.37. The van der Waals surface area contributed by atoms with Crippen molar-refractivity contribution in [1.29, 1.82) is 0 Å². The summed E-state index contributed by atoms with van der Waals surface area (Å²) in [7, 11) is 0. The van der Waals surface area contributed by atoms with Crippen molar-refractivity contribution in [3.63, 3.8) is 0 Å². The molecule has 0 aliphatic carbocycles. The first-order valence-electron chi connectivity index (χ1n) is 13.3. The number of carbonyl (C=O) groups excluding carboxylic acids is 1. The van der Waals surface area contributed by atoms with Gasteiger partial charge in [-0.25, -0.2) is 0 Å². The molecule has 206 valence electrons. The summed E-state index contributed by atoms with van der Waals surface area (Å²) in [5.74, 6) is 0.683. The van der Waals surface area contributed by atoms with Crippen molar-refractivity contribution in [2.45, 2.75) is 39.4 Å². The maximum atomic E-state index is 12.6. The molecule has 0 unspecified atom stereocenters. The lowest BCUT2D eigenvalue weighted by Crippen LogP contribution is -2.47. The van der Waals surface area contributed by atoms with Crippen LogP contribution in [0.25, 0.3) is 10.9 Å². The van der Waals surface area contributed by atoms with Crippen molar-refractivity contribution >= 4 is 38.4 Å². The van der Waals surface area contributed by atoms with Crippen LogP contribution in [0.4, 0.5) is 5.69 Å². The van der Waals surface area contributed by atoms with Crippen LogP contribution in [0.5, 0.6) is 11.6 Å². The summed E-state index contributed by atoms with van der Waals surface area (Å²) in [4.78, 5) is 27.3. The van der Waals surface area contributed by atoms with E-state index in [-0.39, 0.29) is 29.7 Å². The van der Waals surface area contributed by atoms with Crippen LogP contribution in [0.2, 0.25) is 0 Å². The lowest BCUT2D eigenvalue weighted by molar-refractivity contribution is -0.120. The predicted octanol–water partition coefficient (Wildman–Crippen LogP) is 5.65. The number of halogens is 1. The molecule has 9 nitrogen and oxygen atoms in total. The topological polar surface area (TPSA) is 101 Å². The normalized spacial score (nSPS) is 18.8. The predicted molar refractivity (Wildman–Crippen MR) is 155 cm³/mol. The van der Waals surface area contributed by atoms with Gasteiger partial charge < -0.3 is 14.4 Å². The van der Waals surface area contributed by atoms with Crippen LogP contribution < -0.4 is 10.3 Å². The van der Waals surface area contributed by atoms with E-state index < -0.39 is 5.91 Å². The molecule has 10 heteroatoms. The maximum absolute atomic E-state index is 12.6. The number of benzene rings is 2. The lowest BCUT2D eigenvalue weighted by atomic mass is 9.83. The molecule has 0 spiro atoms. The van der Waals surface area contributed by atoms with Crippen molar-refractivity contribution in [1.82, 2.24) is 14.0 Å². The van der Waals surface area contributed by atoms with Gasteiger partial charge in [0.2, 0.25) is 5.88 Å². The third-order valence-electron chi connectivity index (χ3n) is 7.88. The molecule has 1 fully saturated rings. The minimum Gasteiger partial charge on any atom is -0.493 e. The first-order valence-corrected chi connectivity index (χ1v) is 14.1. The van der Waals surface area contributed by atoms with Gasteiger partial charge in [0.05, 0.1) is 12.2 Å². The number of aromatic hydroxyl groups is 1. The number of pyridine rings is 1. The SMILES string of the molecule is Cc1cccc(C)c1OCC(=O)N=Nc1c(O)n(CN2C[C@H]3C[C@H](C2)c2cccc(=O)n2C3)c2ccc(Br)cc12. The average molecular weight is 605 g/mol. The van der Waals surface area contributed by atoms with Crippen LogP contribution in [0.15, 0.2) is 74.1 Å². The molecular weight excluding hydrogens is 574 g/mol. The van der Waals surface area contributed by atoms with Crippen LogP contribution >= 0.6 is 15.9 Å². The Morgan fingerprint density at radius 2 is 1.85 bits per heavy atom. The highest BCUT2D eigenvalue weighted by Gasteiger charge is 2.35. The van der Waals surface area contributed by atoms with E-state index in [0.717, 1.165) is 46.3 Å². The van der Waals surface area contributed by atoms with Crippen molar-refractivity contribution in [2.24, 2.45) is 16.1 Å². The molecule has 2 aliphatic rings. The van der Waals surface area contributed by atoms with E-state index in [2.05, 4.69) is 31.1 Å². The summed E-state index contributed by atoms with van der Waals surface area (Å²) in [5, 5.41) is 20.1. The highest BCUT2D eigenvalue weighted by molar-refractivity contribution is 9.10. The van der Waals surface area contributed by atoms with Crippen LogP contribution in [0.3, 0.4) is 0 Å². The number of para-hydroxylation sites is 1. The number of amides is 1. The number of nitrogens with zero attached hydrogens (tertiary/aromatic N) is 5. The Hall–Kier alpha value is -3.76. The second-order valence-corrected chi connectivity index (χ2v) is 11.7. The second-order valence-electron chi connectivity index (χ2n) is 10.7. The van der Waals surface area contributed by atoms with Crippen molar-refractivity contribution in [2.75, 3.05) is 19.7 Å². The van der Waals surface area contributed by atoms with Gasteiger partial charge in [-0.15, -0.1) is 10.2 Å². The standard InChI is InChI=1S/C30H30BrN5O4/c1-18-5-3-6-19(2)29(18)40-16-26(37)32-33-28-23-12-22(31)9-10-25(23)36(30(28)39)17-34-13-20-11-21(15-34)24-7-4-8-27(38)35(24)14-20/h3-10,12,20-21,39H,11,13-17H2,1-2H3/t20-,21-/m1/s1. The Morgan fingerprint density at radius 1 is 1.07 bits per heavy atom. The molecular formula is C30H30BrN5O4. The van der Waals surface area contributed by atoms with Gasteiger partial charge in [-0.3, -0.25) is 19.1 Å². The minimum absolute atomic E-state index is 0.0485. The van der Waals surface area contributed by atoms with Crippen molar-refractivity contribution < 1.29 is 14.6 Å². The first-order chi connectivity index (χ1) is 19.3. The number of fused-ring (bicyclic) bond motifs is 5. The Morgan fingerprint density at radius 3 is 2.65 bits per heavy atom. The summed E-state index contributed by atoms with van der Waals surface area (Å²) < 4.78 is 10.3. The van der Waals surface area contributed by atoms with E-state index in [1.165, 1.54) is 0 Å². The molecule has 1 N–H and O–H groups in total. The second kappa shape index (κ2) is 10.7. The van der Waals surface area contributed by atoms with E-state index in [0.29, 0.717) is 30.3 Å². The van der Waals surface area contributed by atoms with Crippen LogP contribution in [-0.2, 0) is 18.0 Å². The Balaban J connectivity index is 1.24. The zero-order chi connectivity index (χ0) is 28.0. The smallest absolute Gasteiger partial charge is 0.302 e. The fourth-order valence-electron chi connectivity index (χ4n) is 6.14. The number of rotatable bonds is 6. The molecule has 2 bridgehead atoms. The van der Waals surface area contributed by atoms with Crippen LogP contribution in [0, 0.1) is 19.8 Å². The number of hydrogen-bond acceptors (Lipinski definition) is 6. The molecule has 2 aromatic heterocycles. The number of azo groups is 1. The summed E-state index contributed by atoms with van der Waals surface area (Å²) in [5.41, 5.74) is 4.05. The number of ether oxygens (including phenoxy) is 1. The number of hydrogen-bond donors (Lipinski definition) is 1. The monoisotopic (exact) mass is 603 g/mol. The van der Waals surface area contributed by atoms with Gasteiger partial charge in [-0.1, -0.05) is 40.2 Å². The maximum Gasteiger partial charge on any atom is 0.302 e. The summed E-state index contributed by atoms with van der Waals surface area (Å²) in [6.45, 7) is 6.35. The number of aromatic nitrogens is 2. The van der Waals surface area contributed by atoms with Gasteiger partial charge >= 0.3 is 5.91 Å². The van der Waals surface area contributed by atoms with E-state index in [1.54, 1.807) is 6.07 Å². The molecule has 1 amide bonds. The quantitative estimate of drug-likeness (QED) is 0.287. The van der Waals surface area contributed by atoms with Gasteiger partial charge in [0, 0.05) is 47.2 Å². The van der Waals surface area contributed by atoms with Crippen molar-refractivity contribution in [3.8, 4) is 11.6 Å². The molecule has 0 saturated carbocycles. The first kappa shape index (κ1) is 26.5. The van der Waals surface area contributed by atoms with Gasteiger partial charge in [-0.05, 0) is 61.6 Å². The van der Waals surface area contributed by atoms with Gasteiger partial charge in [0.15, 0.2) is 12.3 Å². The Kier molecular flexibility index (Phi) is 7.06. The number of carbonyl (C=O) groups is 1. The molecule has 4 aromatic rings. The molecule has 2 aliphatic heterocycles. The van der Waals surface area contributed by atoms with Gasteiger partial charge in [0.25, 0.3) is 5.56 Å². The molecule has 4 heterocycles. The van der Waals surface area contributed by atoms with Crippen molar-refractivity contribution in [3.05, 3.63) is 86.2 Å². The molecule has 0 radical (unpaired) electrons. The molecule has 40 heavy (non-hydrogen) atoms. The minimum atomic E-state index is -0.546. The summed E-state index contributed by atoms with van der Waals surface area (Å²) in [6.07, 6.45) is 1.05. The van der Waals surface area contributed by atoms with Gasteiger partial charge in [0.1, 0.15) is 5.75 Å². The van der Waals surface area contributed by atoms with E-state index in [4.69, 9.17) is 4.74 Å². The van der Waals surface area contributed by atoms with E-state index in [1.807, 2.05) is 71.5 Å². The van der Waals surface area contributed by atoms with Crippen LogP contribution in [0.1, 0.15) is 29.2 Å². The Labute approximate surface area is 239 Å². The zero-order valence-electron chi connectivity index (χ0n) is 22.4. The van der Waals surface area contributed by atoms with Gasteiger partial charge in [-0.2, -0.15) is 0 Å². The lowest BCUT2D eigenvalue weighted by Gasteiger charge is -2.42. The highest BCUT2D eigenvalue weighted by Crippen LogP contribution is 2.41. The Bertz CT molecular complexity index is 1690. The average Bonchev–Trinajstić information content (AvgIpc) is 3.17. The third kappa shape index (κ3) is 4.97. The highest BCUT2D eigenvalue weighted by atomic mass is 79.9. The fourth-order valence-corrected chi connectivity index (χ4v) is 6.50. The largest absolute Gasteiger partial charge is 0.493 e. The molecule has 2 atom stereocenters. The fraction of sp³-hybridized carbons (Fsp3) is 0.333. The molecule has 2 aromatic carbocycles. The number of likely N-dealkylation sites (tertiary alicyclic amines) is 1. The summed E-state index contributed by atoms with van der Waals surface area (Å²) in [6, 6.07) is 17.0. The van der Waals surface area contributed by atoms with E-state index >= 15 is 0 Å². The number of piperidine rings is 1. The zero-order valence-corrected chi connectivity index (χ0v) is 24.0. The van der Waals surface area contributed by atoms with E-state index in [9.17, 15) is 14.7 Å². The summed E-state index contributed by atoms with van der Waals surface area (Å²) >= 11 is 3.51. The van der Waals surface area contributed by atoms with Crippen LogP contribution in [-0.4, -0.2) is 44.7 Å².